The van der Waals surface area contributed by atoms with Crippen molar-refractivity contribution in [1.29, 1.82) is 0 Å². The quantitative estimate of drug-likeness (QED) is 0.222. The van der Waals surface area contributed by atoms with Gasteiger partial charge in [0.1, 0.15) is 18.5 Å². The van der Waals surface area contributed by atoms with Crippen molar-refractivity contribution in [2.24, 2.45) is 0 Å². The number of urea groups is 1. The van der Waals surface area contributed by atoms with E-state index in [1.807, 2.05) is 25.1 Å². The van der Waals surface area contributed by atoms with Crippen LogP contribution in [0, 0.1) is 20.8 Å². The number of benzene rings is 1. The Bertz CT molecular complexity index is 1410. The molecular formula is C30H42N6O7S. The number of carboxylic acid groups (broad SMARTS) is 1. The molecule has 0 radical (unpaired) electrons. The summed E-state index contributed by atoms with van der Waals surface area (Å²) in [4.78, 5) is 43.7. The summed E-state index contributed by atoms with van der Waals surface area (Å²) in [5.74, 6) is -1.35. The molecule has 44 heavy (non-hydrogen) atoms. The van der Waals surface area contributed by atoms with Gasteiger partial charge in [0, 0.05) is 31.9 Å². The van der Waals surface area contributed by atoms with Crippen molar-refractivity contribution in [2.75, 3.05) is 31.6 Å². The van der Waals surface area contributed by atoms with Crippen LogP contribution in [-0.2, 0) is 24.3 Å². The van der Waals surface area contributed by atoms with Crippen LogP contribution in [0.15, 0.2) is 41.4 Å². The number of pyridine rings is 1. The molecule has 1 saturated carbocycles. The normalized spacial score (nSPS) is 19.5. The highest BCUT2D eigenvalue weighted by atomic mass is 32.2. The third-order valence-corrected chi connectivity index (χ3v) is 9.70. The Hall–Kier alpha value is -3.75. The number of aromatic nitrogens is 1. The fourth-order valence-electron chi connectivity index (χ4n) is 5.93. The number of nitrogens with one attached hydrogen (secondary N) is 4. The average molecular weight is 631 g/mol. The number of likely N-dealkylation sites (tertiary alicyclic amines) is 1. The van der Waals surface area contributed by atoms with Crippen LogP contribution in [0.25, 0.3) is 0 Å². The molecule has 4 rings (SSSR count). The lowest BCUT2D eigenvalue weighted by molar-refractivity contribution is -0.139. The molecule has 0 bridgehead atoms. The van der Waals surface area contributed by atoms with Crippen molar-refractivity contribution in [1.82, 2.24) is 25.2 Å². The minimum Gasteiger partial charge on any atom is -0.480 e. The summed E-state index contributed by atoms with van der Waals surface area (Å²) in [6.07, 6.45) is 5.82. The summed E-state index contributed by atoms with van der Waals surface area (Å²) in [5.41, 5.74) is 1.87. The first kappa shape index (κ1) is 33.1. The first-order valence-corrected chi connectivity index (χ1v) is 16.3. The molecular weight excluding hydrogens is 588 g/mol. The molecule has 1 aliphatic carbocycles. The van der Waals surface area contributed by atoms with Gasteiger partial charge in [-0.25, -0.2) is 18.2 Å². The molecule has 1 aliphatic heterocycles. The number of aryl methyl sites for hydroxylation is 3. The van der Waals surface area contributed by atoms with Gasteiger partial charge in [0.2, 0.25) is 15.9 Å². The van der Waals surface area contributed by atoms with Crippen LogP contribution in [0.3, 0.4) is 0 Å². The van der Waals surface area contributed by atoms with Crippen molar-refractivity contribution in [3.8, 4) is 0 Å². The number of hydrogen-bond acceptors (Lipinski definition) is 8. The summed E-state index contributed by atoms with van der Waals surface area (Å²) in [6, 6.07) is 7.12. The molecule has 1 aromatic heterocycles. The Morgan fingerprint density at radius 1 is 1.11 bits per heavy atom. The summed E-state index contributed by atoms with van der Waals surface area (Å²) < 4.78 is 34.1. The number of aliphatic carboxylic acids is 1. The van der Waals surface area contributed by atoms with E-state index in [1.165, 1.54) is 0 Å². The molecule has 2 aliphatic rings. The number of carboxylic acids is 1. The van der Waals surface area contributed by atoms with Gasteiger partial charge >= 0.3 is 12.0 Å². The van der Waals surface area contributed by atoms with Crippen LogP contribution in [0.2, 0.25) is 0 Å². The zero-order valence-electron chi connectivity index (χ0n) is 25.3. The molecule has 240 valence electrons. The number of amides is 3. The van der Waals surface area contributed by atoms with Crippen molar-refractivity contribution in [2.45, 2.75) is 82.0 Å². The second kappa shape index (κ2) is 14.8. The van der Waals surface area contributed by atoms with E-state index in [-0.39, 0.29) is 36.2 Å². The molecule has 3 amide bonds. The summed E-state index contributed by atoms with van der Waals surface area (Å²) >= 11 is 0. The monoisotopic (exact) mass is 630 g/mol. The maximum Gasteiger partial charge on any atom is 0.323 e. The minimum atomic E-state index is -4.18. The Morgan fingerprint density at radius 3 is 2.45 bits per heavy atom. The second-order valence-corrected chi connectivity index (χ2v) is 13.2. The van der Waals surface area contributed by atoms with Crippen molar-refractivity contribution < 1.29 is 32.6 Å². The van der Waals surface area contributed by atoms with Crippen LogP contribution >= 0.6 is 0 Å². The molecule has 0 spiro atoms. The van der Waals surface area contributed by atoms with E-state index in [9.17, 15) is 27.9 Å². The lowest BCUT2D eigenvalue weighted by Gasteiger charge is -2.26. The van der Waals surface area contributed by atoms with Crippen LogP contribution in [-0.4, -0.2) is 91.8 Å². The number of rotatable bonds is 13. The highest BCUT2D eigenvalue weighted by Gasteiger charge is 2.37. The van der Waals surface area contributed by atoms with E-state index in [2.05, 4.69) is 25.7 Å². The molecule has 2 fully saturated rings. The van der Waals surface area contributed by atoms with E-state index in [1.54, 1.807) is 37.1 Å². The van der Waals surface area contributed by atoms with E-state index >= 15 is 0 Å². The molecule has 3 unspecified atom stereocenters. The number of carbonyl (C=O) groups is 3. The molecule has 1 aromatic carbocycles. The third-order valence-electron chi connectivity index (χ3n) is 7.93. The highest BCUT2D eigenvalue weighted by molar-refractivity contribution is 7.89. The van der Waals surface area contributed by atoms with Gasteiger partial charge in [-0.15, -0.1) is 0 Å². The Balaban J connectivity index is 1.31. The minimum absolute atomic E-state index is 0.0128. The van der Waals surface area contributed by atoms with Gasteiger partial charge in [-0.3, -0.25) is 9.59 Å². The van der Waals surface area contributed by atoms with Gasteiger partial charge in [0.15, 0.2) is 0 Å². The second-order valence-electron chi connectivity index (χ2n) is 11.5. The van der Waals surface area contributed by atoms with Gasteiger partial charge in [0.25, 0.3) is 0 Å². The number of sulfonamides is 1. The lowest BCUT2D eigenvalue weighted by Crippen LogP contribution is -2.49. The number of carbonyl (C=O) groups excluding carboxylic acids is 2. The predicted molar refractivity (Wildman–Crippen MR) is 164 cm³/mol. The fraction of sp³-hybridized carbons (Fsp3) is 0.533. The average Bonchev–Trinajstić information content (AvgIpc) is 3.62. The van der Waals surface area contributed by atoms with Crippen LogP contribution in [0.5, 0.6) is 0 Å². The first-order chi connectivity index (χ1) is 20.9. The maximum absolute atomic E-state index is 13.1. The molecule has 14 heteroatoms. The SMILES string of the molecule is Cc1cc(C)c(S(=O)(=O)NC(CNC(=O)COC2CC(CNc3ccccn3)N(C(=O)NC3CCCC3)C2)C(=O)O)c(C)c1. The van der Waals surface area contributed by atoms with E-state index in [4.69, 9.17) is 4.74 Å². The predicted octanol–water partition coefficient (Wildman–Crippen LogP) is 2.08. The third kappa shape index (κ3) is 8.89. The summed E-state index contributed by atoms with van der Waals surface area (Å²) in [5, 5.41) is 18.5. The number of hydrogen-bond donors (Lipinski definition) is 5. The fourth-order valence-corrected chi connectivity index (χ4v) is 7.57. The van der Waals surface area contributed by atoms with Crippen LogP contribution < -0.4 is 20.7 Å². The molecule has 2 heterocycles. The van der Waals surface area contributed by atoms with Gasteiger partial charge in [0.05, 0.1) is 17.0 Å². The Kier molecular flexibility index (Phi) is 11.2. The first-order valence-electron chi connectivity index (χ1n) is 14.9. The van der Waals surface area contributed by atoms with Gasteiger partial charge in [-0.05, 0) is 63.3 Å². The number of nitrogens with zero attached hydrogens (tertiary/aromatic N) is 2. The van der Waals surface area contributed by atoms with E-state index in [0.717, 1.165) is 31.2 Å². The summed E-state index contributed by atoms with van der Waals surface area (Å²) in [7, 11) is -4.18. The van der Waals surface area contributed by atoms with Crippen molar-refractivity contribution in [3.63, 3.8) is 0 Å². The topological polar surface area (TPSA) is 179 Å². The van der Waals surface area contributed by atoms with E-state index < -0.39 is 40.6 Å². The number of ether oxygens (including phenoxy) is 1. The molecule has 2 aromatic rings. The lowest BCUT2D eigenvalue weighted by atomic mass is 10.1. The molecule has 3 atom stereocenters. The van der Waals surface area contributed by atoms with Crippen molar-refractivity contribution in [3.05, 3.63) is 53.2 Å². The van der Waals surface area contributed by atoms with Gasteiger partial charge < -0.3 is 30.7 Å². The molecule has 13 nitrogen and oxygen atoms in total. The van der Waals surface area contributed by atoms with Crippen LogP contribution in [0.1, 0.15) is 48.8 Å². The maximum atomic E-state index is 13.1. The van der Waals surface area contributed by atoms with Crippen LogP contribution in [0.4, 0.5) is 10.6 Å². The smallest absolute Gasteiger partial charge is 0.323 e. The Morgan fingerprint density at radius 2 is 1.82 bits per heavy atom. The van der Waals surface area contributed by atoms with Crippen molar-refractivity contribution >= 4 is 33.7 Å². The zero-order chi connectivity index (χ0) is 31.9. The standard InChI is InChI=1S/C30H42N6O7S/c1-19-12-20(2)28(21(3)13-19)44(41,42)35-25(29(38)39)16-33-27(37)18-43-24-14-23(15-32-26-10-6-7-11-31-26)36(17-24)30(40)34-22-8-4-5-9-22/h6-7,10-13,22-25,35H,4-5,8-9,14-18H2,1-3H3,(H,31,32)(H,33,37)(H,34,40)(H,38,39). The molecule has 1 saturated heterocycles. The van der Waals surface area contributed by atoms with E-state index in [0.29, 0.717) is 29.9 Å². The summed E-state index contributed by atoms with van der Waals surface area (Å²) in [6.45, 7) is 5.01. The van der Waals surface area contributed by atoms with Gasteiger partial charge in [-0.1, -0.05) is 36.6 Å². The zero-order valence-corrected chi connectivity index (χ0v) is 26.2. The van der Waals surface area contributed by atoms with Gasteiger partial charge in [-0.2, -0.15) is 4.72 Å². The Labute approximate surface area is 258 Å². The largest absolute Gasteiger partial charge is 0.480 e. The molecule has 5 N–H and O–H groups in total. The number of anilines is 1. The highest BCUT2D eigenvalue weighted by Crippen LogP contribution is 2.24.